The molecule has 0 aromatic heterocycles. The van der Waals surface area contributed by atoms with Gasteiger partial charge in [-0.25, -0.2) is 4.79 Å². The van der Waals surface area contributed by atoms with E-state index < -0.39 is 5.97 Å². The number of halogens is 1. The predicted molar refractivity (Wildman–Crippen MR) is 66.7 cm³/mol. The van der Waals surface area contributed by atoms with E-state index >= 15 is 0 Å². The standard InChI is InChI=1S/C13H13BrO3/c1-13-4-2-3-9(13)8-5-7(12(15)16)6-10(14)11(8)17-13/h5-6,9H,2-4H2,1H3,(H,15,16). The van der Waals surface area contributed by atoms with Crippen LogP contribution in [0.1, 0.15) is 48.0 Å². The quantitative estimate of drug-likeness (QED) is 0.862. The third-order valence-corrected chi connectivity index (χ3v) is 4.52. The number of benzene rings is 1. The smallest absolute Gasteiger partial charge is 0.335 e. The summed E-state index contributed by atoms with van der Waals surface area (Å²) >= 11 is 3.41. The van der Waals surface area contributed by atoms with Gasteiger partial charge >= 0.3 is 5.97 Å². The van der Waals surface area contributed by atoms with E-state index in [9.17, 15) is 4.79 Å². The highest BCUT2D eigenvalue weighted by Gasteiger charge is 2.48. The molecule has 1 aliphatic heterocycles. The summed E-state index contributed by atoms with van der Waals surface area (Å²) in [5.74, 6) is 0.287. The molecule has 1 aromatic rings. The number of aromatic carboxylic acids is 1. The van der Waals surface area contributed by atoms with Crippen molar-refractivity contribution in [3.05, 3.63) is 27.7 Å². The Bertz CT molecular complexity index is 512. The number of carboxylic acid groups (broad SMARTS) is 1. The maximum Gasteiger partial charge on any atom is 0.335 e. The first-order valence-electron chi connectivity index (χ1n) is 5.77. The van der Waals surface area contributed by atoms with Crippen LogP contribution in [0.15, 0.2) is 16.6 Å². The summed E-state index contributed by atoms with van der Waals surface area (Å²) in [5, 5.41) is 9.08. The second-order valence-electron chi connectivity index (χ2n) is 5.04. The average molecular weight is 297 g/mol. The van der Waals surface area contributed by atoms with Gasteiger partial charge < -0.3 is 9.84 Å². The van der Waals surface area contributed by atoms with E-state index in [0.29, 0.717) is 11.5 Å². The zero-order valence-electron chi connectivity index (χ0n) is 9.50. The average Bonchev–Trinajstić information content (AvgIpc) is 2.73. The van der Waals surface area contributed by atoms with Crippen LogP contribution in [-0.4, -0.2) is 16.7 Å². The van der Waals surface area contributed by atoms with E-state index in [2.05, 4.69) is 22.9 Å². The molecule has 4 heteroatoms. The minimum absolute atomic E-state index is 0.137. The van der Waals surface area contributed by atoms with Crippen LogP contribution in [0.3, 0.4) is 0 Å². The van der Waals surface area contributed by atoms with E-state index in [4.69, 9.17) is 9.84 Å². The Labute approximate surface area is 108 Å². The minimum Gasteiger partial charge on any atom is -0.485 e. The highest BCUT2D eigenvalue weighted by molar-refractivity contribution is 9.10. The van der Waals surface area contributed by atoms with Crippen LogP contribution in [-0.2, 0) is 0 Å². The van der Waals surface area contributed by atoms with Crippen LogP contribution < -0.4 is 4.74 Å². The Hall–Kier alpha value is -1.03. The van der Waals surface area contributed by atoms with Crippen LogP contribution in [0.5, 0.6) is 5.75 Å². The van der Waals surface area contributed by atoms with Gasteiger partial charge in [0, 0.05) is 11.5 Å². The summed E-state index contributed by atoms with van der Waals surface area (Å²) in [7, 11) is 0. The maximum atomic E-state index is 11.1. The number of hydrogen-bond donors (Lipinski definition) is 1. The largest absolute Gasteiger partial charge is 0.485 e. The van der Waals surface area contributed by atoms with Crippen molar-refractivity contribution in [1.29, 1.82) is 0 Å². The van der Waals surface area contributed by atoms with Crippen molar-refractivity contribution in [3.63, 3.8) is 0 Å². The molecule has 1 aromatic carbocycles. The summed E-state index contributed by atoms with van der Waals surface area (Å²) in [5.41, 5.74) is 1.24. The van der Waals surface area contributed by atoms with Gasteiger partial charge in [-0.2, -0.15) is 0 Å². The lowest BCUT2D eigenvalue weighted by atomic mass is 9.88. The number of hydrogen-bond acceptors (Lipinski definition) is 2. The summed E-state index contributed by atoms with van der Waals surface area (Å²) < 4.78 is 6.80. The SMILES string of the molecule is CC12CCCC1c1cc(C(=O)O)cc(Br)c1O2. The van der Waals surface area contributed by atoms with Crippen molar-refractivity contribution >= 4 is 21.9 Å². The molecule has 0 saturated heterocycles. The molecule has 0 spiro atoms. The summed E-state index contributed by atoms with van der Waals surface area (Å²) in [6, 6.07) is 3.38. The van der Waals surface area contributed by atoms with Crippen molar-refractivity contribution in [3.8, 4) is 5.75 Å². The van der Waals surface area contributed by atoms with E-state index in [1.807, 2.05) is 0 Å². The topological polar surface area (TPSA) is 46.5 Å². The van der Waals surface area contributed by atoms with Crippen molar-refractivity contribution in [2.75, 3.05) is 0 Å². The fourth-order valence-electron chi connectivity index (χ4n) is 3.08. The molecule has 0 radical (unpaired) electrons. The van der Waals surface area contributed by atoms with Crippen LogP contribution in [0.25, 0.3) is 0 Å². The first-order valence-corrected chi connectivity index (χ1v) is 6.56. The normalized spacial score (nSPS) is 29.6. The molecule has 1 saturated carbocycles. The highest BCUT2D eigenvalue weighted by Crippen LogP contribution is 2.55. The molecule has 2 unspecified atom stereocenters. The molecule has 3 rings (SSSR count). The molecule has 3 nitrogen and oxygen atoms in total. The Kier molecular flexibility index (Phi) is 2.27. The molecule has 2 aliphatic rings. The van der Waals surface area contributed by atoms with Gasteiger partial charge in [0.05, 0.1) is 10.0 Å². The molecule has 0 bridgehead atoms. The monoisotopic (exact) mass is 296 g/mol. The summed E-state index contributed by atoms with van der Waals surface area (Å²) in [6.07, 6.45) is 3.27. The maximum absolute atomic E-state index is 11.1. The second-order valence-corrected chi connectivity index (χ2v) is 5.90. The Morgan fingerprint density at radius 1 is 1.59 bits per heavy atom. The van der Waals surface area contributed by atoms with E-state index in [0.717, 1.165) is 35.0 Å². The Morgan fingerprint density at radius 2 is 2.35 bits per heavy atom. The lowest BCUT2D eigenvalue weighted by molar-refractivity contribution is 0.0696. The molecule has 1 fully saturated rings. The third-order valence-electron chi connectivity index (χ3n) is 3.93. The van der Waals surface area contributed by atoms with Gasteiger partial charge in [0.2, 0.25) is 0 Å². The van der Waals surface area contributed by atoms with Crippen molar-refractivity contribution in [1.82, 2.24) is 0 Å². The fraction of sp³-hybridized carbons (Fsp3) is 0.462. The van der Waals surface area contributed by atoms with Crippen molar-refractivity contribution in [2.45, 2.75) is 37.7 Å². The van der Waals surface area contributed by atoms with Crippen LogP contribution in [0.2, 0.25) is 0 Å². The van der Waals surface area contributed by atoms with Gasteiger partial charge in [-0.3, -0.25) is 0 Å². The minimum atomic E-state index is -0.889. The van der Waals surface area contributed by atoms with E-state index in [1.54, 1.807) is 12.1 Å². The van der Waals surface area contributed by atoms with Crippen molar-refractivity contribution < 1.29 is 14.6 Å². The third kappa shape index (κ3) is 1.50. The van der Waals surface area contributed by atoms with Gasteiger partial charge in [-0.1, -0.05) is 0 Å². The Morgan fingerprint density at radius 3 is 3.06 bits per heavy atom. The molecule has 1 N–H and O–H groups in total. The second kappa shape index (κ2) is 3.48. The molecule has 2 atom stereocenters. The molecule has 90 valence electrons. The highest BCUT2D eigenvalue weighted by atomic mass is 79.9. The first-order chi connectivity index (χ1) is 8.01. The predicted octanol–water partition coefficient (Wildman–Crippen LogP) is 3.57. The van der Waals surface area contributed by atoms with Crippen LogP contribution in [0, 0.1) is 0 Å². The fourth-order valence-corrected chi connectivity index (χ4v) is 3.64. The van der Waals surface area contributed by atoms with E-state index in [-0.39, 0.29) is 5.60 Å². The number of ether oxygens (including phenoxy) is 1. The lowest BCUT2D eigenvalue weighted by Gasteiger charge is -2.23. The number of carbonyl (C=O) groups is 1. The molecular formula is C13H13BrO3. The van der Waals surface area contributed by atoms with Crippen LogP contribution in [0.4, 0.5) is 0 Å². The molecular weight excluding hydrogens is 284 g/mol. The van der Waals surface area contributed by atoms with Gasteiger partial charge in [0.25, 0.3) is 0 Å². The zero-order chi connectivity index (χ0) is 12.2. The van der Waals surface area contributed by atoms with Crippen molar-refractivity contribution in [2.24, 2.45) is 0 Å². The Balaban J connectivity index is 2.16. The number of fused-ring (bicyclic) bond motifs is 3. The van der Waals surface area contributed by atoms with Gasteiger partial charge in [0.15, 0.2) is 0 Å². The molecule has 1 heterocycles. The van der Waals surface area contributed by atoms with Gasteiger partial charge in [-0.05, 0) is 54.2 Å². The molecule has 17 heavy (non-hydrogen) atoms. The first kappa shape index (κ1) is 11.1. The van der Waals surface area contributed by atoms with Gasteiger partial charge in [0.1, 0.15) is 11.4 Å². The summed E-state index contributed by atoms with van der Waals surface area (Å²) in [6.45, 7) is 2.12. The van der Waals surface area contributed by atoms with Crippen LogP contribution >= 0.6 is 15.9 Å². The van der Waals surface area contributed by atoms with Gasteiger partial charge in [-0.15, -0.1) is 0 Å². The van der Waals surface area contributed by atoms with E-state index in [1.165, 1.54) is 0 Å². The summed E-state index contributed by atoms with van der Waals surface area (Å²) in [4.78, 5) is 11.1. The number of rotatable bonds is 1. The zero-order valence-corrected chi connectivity index (χ0v) is 11.1. The number of carboxylic acids is 1. The molecule has 1 aliphatic carbocycles. The molecule has 0 amide bonds. The lowest BCUT2D eigenvalue weighted by Crippen LogP contribution is -2.29.